The van der Waals surface area contributed by atoms with Crippen LogP contribution < -0.4 is 16.4 Å². The fourth-order valence-corrected chi connectivity index (χ4v) is 5.21. The predicted molar refractivity (Wildman–Crippen MR) is 109 cm³/mol. The summed E-state index contributed by atoms with van der Waals surface area (Å²) >= 11 is 9.06. The Morgan fingerprint density at radius 3 is 2.85 bits per heavy atom. The first-order chi connectivity index (χ1) is 12.9. The lowest BCUT2D eigenvalue weighted by molar-refractivity contribution is 0.273. The molecule has 1 aliphatic heterocycles. The molecule has 1 aliphatic rings. The van der Waals surface area contributed by atoms with E-state index in [4.69, 9.17) is 28.1 Å². The molecule has 11 heteroatoms. The van der Waals surface area contributed by atoms with Gasteiger partial charge in [-0.05, 0) is 25.8 Å². The van der Waals surface area contributed by atoms with Crippen LogP contribution in [0.15, 0.2) is 21.5 Å². The number of aliphatic hydroxyl groups excluding tert-OH is 1. The van der Waals surface area contributed by atoms with Crippen LogP contribution in [0, 0.1) is 0 Å². The normalized spacial score (nSPS) is 17.0. The number of nitrogens with two attached hydrogens (primary N) is 2. The lowest BCUT2D eigenvalue weighted by atomic mass is 9.91. The Morgan fingerprint density at radius 1 is 1.41 bits per heavy atom. The van der Waals surface area contributed by atoms with Crippen molar-refractivity contribution in [2.45, 2.75) is 41.1 Å². The molecule has 0 radical (unpaired) electrons. The summed E-state index contributed by atoms with van der Waals surface area (Å²) in [5.74, 6) is 1.08. The van der Waals surface area contributed by atoms with E-state index in [2.05, 4.69) is 21.9 Å². The van der Waals surface area contributed by atoms with Gasteiger partial charge in [0, 0.05) is 29.7 Å². The number of pyridine rings is 1. The third-order valence-electron chi connectivity index (χ3n) is 4.69. The average Bonchev–Trinajstić information content (AvgIpc) is 3.16. The predicted octanol–water partition coefficient (Wildman–Crippen LogP) is 2.38. The molecule has 0 spiro atoms. The zero-order valence-electron chi connectivity index (χ0n) is 14.7. The third kappa shape index (κ3) is 3.59. The fraction of sp³-hybridized carbons (Fsp3) is 0.438. The lowest BCUT2D eigenvalue weighted by Crippen LogP contribution is -2.48. The quantitative estimate of drug-likeness (QED) is 0.583. The molecule has 5 N–H and O–H groups in total. The van der Waals surface area contributed by atoms with E-state index in [1.165, 1.54) is 23.1 Å². The van der Waals surface area contributed by atoms with Gasteiger partial charge >= 0.3 is 0 Å². The second-order valence-corrected chi connectivity index (χ2v) is 9.48. The molecule has 0 amide bonds. The molecule has 144 valence electrons. The SMILES string of the molecule is CC1(N)CCN(c2nc3sc(Sc4ccnc(N)c4Cl)nn3c2CO)CC1. The van der Waals surface area contributed by atoms with Crippen LogP contribution >= 0.6 is 34.7 Å². The van der Waals surface area contributed by atoms with E-state index in [0.717, 1.165) is 45.9 Å². The number of nitrogen functional groups attached to an aromatic ring is 1. The molecule has 27 heavy (non-hydrogen) atoms. The van der Waals surface area contributed by atoms with Crippen LogP contribution in [-0.2, 0) is 6.61 Å². The highest BCUT2D eigenvalue weighted by Crippen LogP contribution is 2.38. The maximum absolute atomic E-state index is 9.92. The van der Waals surface area contributed by atoms with E-state index in [0.29, 0.717) is 16.5 Å². The van der Waals surface area contributed by atoms with E-state index >= 15 is 0 Å². The summed E-state index contributed by atoms with van der Waals surface area (Å²) in [5.41, 5.74) is 12.5. The molecule has 4 rings (SSSR count). The van der Waals surface area contributed by atoms with Crippen molar-refractivity contribution < 1.29 is 5.11 Å². The molecular formula is C16H20ClN7OS2. The van der Waals surface area contributed by atoms with Crippen molar-refractivity contribution in [1.82, 2.24) is 19.6 Å². The molecule has 3 aromatic heterocycles. The van der Waals surface area contributed by atoms with E-state index in [-0.39, 0.29) is 12.1 Å². The summed E-state index contributed by atoms with van der Waals surface area (Å²) in [6.45, 7) is 3.57. The van der Waals surface area contributed by atoms with Crippen LogP contribution in [-0.4, -0.2) is 43.3 Å². The van der Waals surface area contributed by atoms with E-state index in [1.807, 2.05) is 0 Å². The number of hydrogen-bond acceptors (Lipinski definition) is 9. The molecule has 0 bridgehead atoms. The Hall–Kier alpha value is -1.59. The summed E-state index contributed by atoms with van der Waals surface area (Å²) in [5, 5.41) is 14.9. The first-order valence-corrected chi connectivity index (χ1v) is 10.5. The van der Waals surface area contributed by atoms with Gasteiger partial charge in [-0.25, -0.2) is 9.50 Å². The highest BCUT2D eigenvalue weighted by molar-refractivity contribution is 8.01. The van der Waals surface area contributed by atoms with Crippen LogP contribution in [0.4, 0.5) is 11.6 Å². The minimum absolute atomic E-state index is 0.135. The number of halogens is 1. The van der Waals surface area contributed by atoms with Crippen LogP contribution in [0.1, 0.15) is 25.5 Å². The van der Waals surface area contributed by atoms with Gasteiger partial charge in [0.05, 0.1) is 11.6 Å². The number of imidazole rings is 1. The number of nitrogens with zero attached hydrogens (tertiary/aromatic N) is 5. The monoisotopic (exact) mass is 425 g/mol. The Labute approximate surface area is 169 Å². The number of fused-ring (bicyclic) bond motifs is 1. The molecule has 0 unspecified atom stereocenters. The Morgan fingerprint density at radius 2 is 2.15 bits per heavy atom. The van der Waals surface area contributed by atoms with Gasteiger partial charge in [0.15, 0.2) is 10.2 Å². The van der Waals surface area contributed by atoms with Gasteiger partial charge < -0.3 is 21.5 Å². The van der Waals surface area contributed by atoms with Crippen molar-refractivity contribution in [3.63, 3.8) is 0 Å². The van der Waals surface area contributed by atoms with Crippen molar-refractivity contribution in [3.05, 3.63) is 23.0 Å². The van der Waals surface area contributed by atoms with Crippen LogP contribution in [0.2, 0.25) is 5.02 Å². The Bertz CT molecular complexity index is 977. The molecule has 8 nitrogen and oxygen atoms in total. The van der Waals surface area contributed by atoms with Crippen molar-refractivity contribution >= 4 is 51.3 Å². The van der Waals surface area contributed by atoms with Crippen molar-refractivity contribution in [2.24, 2.45) is 5.73 Å². The van der Waals surface area contributed by atoms with Crippen molar-refractivity contribution in [2.75, 3.05) is 23.7 Å². The molecule has 0 aromatic carbocycles. The van der Waals surface area contributed by atoms with Gasteiger partial charge in [-0.15, -0.1) is 5.10 Å². The number of aromatic nitrogens is 4. The minimum atomic E-state index is -0.138. The number of anilines is 2. The molecule has 0 atom stereocenters. The van der Waals surface area contributed by atoms with Crippen LogP contribution in [0.3, 0.4) is 0 Å². The van der Waals surface area contributed by atoms with E-state index < -0.39 is 0 Å². The first-order valence-electron chi connectivity index (χ1n) is 8.49. The number of piperidine rings is 1. The molecule has 4 heterocycles. The highest BCUT2D eigenvalue weighted by atomic mass is 35.5. The second-order valence-electron chi connectivity index (χ2n) is 6.85. The van der Waals surface area contributed by atoms with Gasteiger partial charge in [0.25, 0.3) is 0 Å². The zero-order valence-corrected chi connectivity index (χ0v) is 17.1. The minimum Gasteiger partial charge on any atom is -0.390 e. The summed E-state index contributed by atoms with van der Waals surface area (Å²) in [6.07, 6.45) is 3.39. The van der Waals surface area contributed by atoms with Gasteiger partial charge in [0.2, 0.25) is 4.96 Å². The Balaban J connectivity index is 1.62. The summed E-state index contributed by atoms with van der Waals surface area (Å²) in [6, 6.07) is 1.80. The smallest absolute Gasteiger partial charge is 0.215 e. The van der Waals surface area contributed by atoms with Crippen molar-refractivity contribution in [1.29, 1.82) is 0 Å². The zero-order chi connectivity index (χ0) is 19.2. The fourth-order valence-electron chi connectivity index (χ4n) is 3.04. The van der Waals surface area contributed by atoms with Crippen LogP contribution in [0.5, 0.6) is 0 Å². The second kappa shape index (κ2) is 7.10. The van der Waals surface area contributed by atoms with E-state index in [9.17, 15) is 5.11 Å². The maximum atomic E-state index is 9.92. The summed E-state index contributed by atoms with van der Waals surface area (Å²) in [7, 11) is 0. The number of hydrogen-bond donors (Lipinski definition) is 3. The van der Waals surface area contributed by atoms with E-state index in [1.54, 1.807) is 16.8 Å². The third-order valence-corrected chi connectivity index (χ3v) is 7.22. The standard InChI is InChI=1S/C16H20ClN7OS2/c1-16(19)3-6-23(7-4-16)13-9(8-25)24-14(21-13)27-15(22-24)26-10-2-5-20-12(18)11(10)17/h2,5,25H,3-4,6-8,19H2,1H3,(H2,18,20). The van der Waals surface area contributed by atoms with Gasteiger partial charge in [-0.3, -0.25) is 0 Å². The maximum Gasteiger partial charge on any atom is 0.215 e. The molecule has 1 fully saturated rings. The molecule has 0 aliphatic carbocycles. The molecular weight excluding hydrogens is 406 g/mol. The Kier molecular flexibility index (Phi) is 4.93. The van der Waals surface area contributed by atoms with Gasteiger partial charge in [-0.2, -0.15) is 4.98 Å². The summed E-state index contributed by atoms with van der Waals surface area (Å²) < 4.78 is 2.47. The van der Waals surface area contributed by atoms with Gasteiger partial charge in [0.1, 0.15) is 11.5 Å². The number of aliphatic hydroxyl groups is 1. The largest absolute Gasteiger partial charge is 0.390 e. The van der Waals surface area contributed by atoms with Crippen LogP contribution in [0.25, 0.3) is 4.96 Å². The van der Waals surface area contributed by atoms with Crippen molar-refractivity contribution in [3.8, 4) is 0 Å². The summed E-state index contributed by atoms with van der Waals surface area (Å²) in [4.78, 5) is 12.4. The number of rotatable bonds is 4. The molecule has 3 aromatic rings. The lowest BCUT2D eigenvalue weighted by Gasteiger charge is -2.37. The first kappa shape index (κ1) is 18.8. The van der Waals surface area contributed by atoms with Gasteiger partial charge in [-0.1, -0.05) is 34.7 Å². The molecule has 1 saturated heterocycles. The molecule has 0 saturated carbocycles. The highest BCUT2D eigenvalue weighted by Gasteiger charge is 2.29. The topological polar surface area (TPSA) is 119 Å². The average molecular weight is 426 g/mol.